The first-order valence-electron chi connectivity index (χ1n) is 3.32. The first-order valence-corrected chi connectivity index (χ1v) is 5.21. The minimum Gasteiger partial charge on any atom is -0.391 e. The van der Waals surface area contributed by atoms with Crippen LogP contribution in [0, 0.1) is 0 Å². The second-order valence-electron chi connectivity index (χ2n) is 2.19. The van der Waals surface area contributed by atoms with E-state index in [2.05, 4.69) is 4.74 Å². The molecule has 0 N–H and O–H groups in total. The van der Waals surface area contributed by atoms with Gasteiger partial charge in [-0.3, -0.25) is 4.79 Å². The fourth-order valence-electron chi connectivity index (χ4n) is 0.355. The molecular weight excluding hydrogens is 297 g/mol. The maximum absolute atomic E-state index is 11.1. The van der Waals surface area contributed by atoms with Crippen molar-refractivity contribution in [3.05, 3.63) is 0 Å². The van der Waals surface area contributed by atoms with Crippen molar-refractivity contribution in [3.63, 3.8) is 0 Å². The SMILES string of the molecule is CCC(=O)OC(=O)C(Cl)(Cl)C(Cl)(Cl)Cl. The number of rotatable bonds is 2. The summed E-state index contributed by atoms with van der Waals surface area (Å²) in [5, 5.41) is 0. The molecule has 0 aliphatic rings. The fourth-order valence-corrected chi connectivity index (χ4v) is 0.664. The number of carbonyl (C=O) groups excluding carboxylic acids is 2. The van der Waals surface area contributed by atoms with E-state index in [1.807, 2.05) is 0 Å². The zero-order chi connectivity index (χ0) is 11.6. The molecule has 0 fully saturated rings. The quantitative estimate of drug-likeness (QED) is 0.447. The van der Waals surface area contributed by atoms with Crippen LogP contribution >= 0.6 is 58.0 Å². The standard InChI is InChI=1S/C6H5Cl5O3/c1-2-3(12)14-4(13)5(7,8)6(9,10)11/h2H2,1H3. The molecule has 82 valence electrons. The predicted molar refractivity (Wildman–Crippen MR) is 56.1 cm³/mol. The molecule has 0 heterocycles. The maximum atomic E-state index is 11.1. The highest BCUT2D eigenvalue weighted by molar-refractivity contribution is 6.79. The minimum absolute atomic E-state index is 0.0184. The van der Waals surface area contributed by atoms with E-state index in [0.717, 1.165) is 0 Å². The Hall–Kier alpha value is 0.590. The average molecular weight is 302 g/mol. The van der Waals surface area contributed by atoms with Crippen LogP contribution < -0.4 is 0 Å². The van der Waals surface area contributed by atoms with E-state index < -0.39 is 20.1 Å². The van der Waals surface area contributed by atoms with Crippen molar-refractivity contribution in [1.29, 1.82) is 0 Å². The highest BCUT2D eigenvalue weighted by atomic mass is 35.6. The highest BCUT2D eigenvalue weighted by Crippen LogP contribution is 2.46. The third-order valence-corrected chi connectivity index (χ3v) is 3.41. The summed E-state index contributed by atoms with van der Waals surface area (Å²) in [5.41, 5.74) is 0. The molecule has 0 saturated heterocycles. The van der Waals surface area contributed by atoms with Crippen LogP contribution in [0.25, 0.3) is 0 Å². The van der Waals surface area contributed by atoms with Crippen LogP contribution in [0.2, 0.25) is 0 Å². The fraction of sp³-hybridized carbons (Fsp3) is 0.667. The Labute approximate surface area is 106 Å². The maximum Gasteiger partial charge on any atom is 0.354 e. The Morgan fingerprint density at radius 2 is 1.57 bits per heavy atom. The van der Waals surface area contributed by atoms with Gasteiger partial charge in [-0.2, -0.15) is 0 Å². The highest BCUT2D eigenvalue weighted by Gasteiger charge is 2.54. The number of carbonyl (C=O) groups is 2. The molecule has 0 aliphatic heterocycles. The van der Waals surface area contributed by atoms with E-state index in [4.69, 9.17) is 58.0 Å². The van der Waals surface area contributed by atoms with Crippen LogP contribution in [0.3, 0.4) is 0 Å². The van der Waals surface area contributed by atoms with Gasteiger partial charge in [0.2, 0.25) is 3.79 Å². The van der Waals surface area contributed by atoms with Crippen molar-refractivity contribution in [3.8, 4) is 0 Å². The van der Waals surface area contributed by atoms with Crippen LogP contribution in [0.1, 0.15) is 13.3 Å². The summed E-state index contributed by atoms with van der Waals surface area (Å²) in [7, 11) is 0. The van der Waals surface area contributed by atoms with Gasteiger partial charge >= 0.3 is 11.9 Å². The molecule has 14 heavy (non-hydrogen) atoms. The molecule has 3 nitrogen and oxygen atoms in total. The van der Waals surface area contributed by atoms with Crippen LogP contribution in [-0.2, 0) is 14.3 Å². The van der Waals surface area contributed by atoms with Crippen molar-refractivity contribution in [2.24, 2.45) is 0 Å². The number of halogens is 5. The van der Waals surface area contributed by atoms with Crippen molar-refractivity contribution in [1.82, 2.24) is 0 Å². The van der Waals surface area contributed by atoms with Gasteiger partial charge in [-0.1, -0.05) is 64.9 Å². The van der Waals surface area contributed by atoms with E-state index in [9.17, 15) is 9.59 Å². The van der Waals surface area contributed by atoms with E-state index in [0.29, 0.717) is 0 Å². The summed E-state index contributed by atoms with van der Waals surface area (Å²) in [6.07, 6.45) is -0.0184. The Kier molecular flexibility index (Phi) is 5.30. The molecule has 0 bridgehead atoms. The molecule has 0 aromatic heterocycles. The number of alkyl halides is 5. The van der Waals surface area contributed by atoms with Crippen LogP contribution in [-0.4, -0.2) is 20.1 Å². The summed E-state index contributed by atoms with van der Waals surface area (Å²) in [5.74, 6) is -2.12. The molecule has 0 radical (unpaired) electrons. The number of esters is 2. The summed E-state index contributed by atoms with van der Waals surface area (Å²) >= 11 is 26.7. The van der Waals surface area contributed by atoms with Gasteiger partial charge in [0.15, 0.2) is 0 Å². The predicted octanol–water partition coefficient (Wildman–Crippen LogP) is 3.01. The van der Waals surface area contributed by atoms with Gasteiger partial charge in [0, 0.05) is 6.42 Å². The third-order valence-electron chi connectivity index (χ3n) is 1.11. The van der Waals surface area contributed by atoms with Crippen LogP contribution in [0.4, 0.5) is 0 Å². The summed E-state index contributed by atoms with van der Waals surface area (Å²) in [6.45, 7) is 1.48. The van der Waals surface area contributed by atoms with Gasteiger partial charge in [0.05, 0.1) is 0 Å². The third kappa shape index (κ3) is 3.63. The molecule has 0 aromatic carbocycles. The lowest BCUT2D eigenvalue weighted by molar-refractivity contribution is -0.159. The van der Waals surface area contributed by atoms with E-state index in [1.165, 1.54) is 6.92 Å². The lowest BCUT2D eigenvalue weighted by Gasteiger charge is -2.24. The first-order chi connectivity index (χ1) is 6.13. The van der Waals surface area contributed by atoms with E-state index in [1.54, 1.807) is 0 Å². The Morgan fingerprint density at radius 1 is 1.14 bits per heavy atom. The Morgan fingerprint density at radius 3 is 1.86 bits per heavy atom. The van der Waals surface area contributed by atoms with E-state index >= 15 is 0 Å². The van der Waals surface area contributed by atoms with Gasteiger partial charge < -0.3 is 4.74 Å². The van der Waals surface area contributed by atoms with Crippen molar-refractivity contribution in [2.45, 2.75) is 21.5 Å². The van der Waals surface area contributed by atoms with Gasteiger partial charge in [-0.25, -0.2) is 4.79 Å². The normalized spacial score (nSPS) is 12.4. The lowest BCUT2D eigenvalue weighted by atomic mass is 10.4. The average Bonchev–Trinajstić information content (AvgIpc) is 2.01. The number of hydrogen-bond donors (Lipinski definition) is 0. The number of ether oxygens (including phenoxy) is 1. The topological polar surface area (TPSA) is 43.4 Å². The summed E-state index contributed by atoms with van der Waals surface area (Å²) in [6, 6.07) is 0. The van der Waals surface area contributed by atoms with E-state index in [-0.39, 0.29) is 6.42 Å². The second-order valence-corrected chi connectivity index (χ2v) is 5.80. The van der Waals surface area contributed by atoms with Crippen molar-refractivity contribution in [2.75, 3.05) is 0 Å². The Bertz CT molecular complexity index is 244. The molecule has 0 aliphatic carbocycles. The van der Waals surface area contributed by atoms with Crippen LogP contribution in [0.15, 0.2) is 0 Å². The molecule has 0 spiro atoms. The molecule has 0 atom stereocenters. The summed E-state index contributed by atoms with van der Waals surface area (Å²) in [4.78, 5) is 21.8. The van der Waals surface area contributed by atoms with Crippen molar-refractivity contribution < 1.29 is 14.3 Å². The first kappa shape index (κ1) is 14.6. The van der Waals surface area contributed by atoms with Gasteiger partial charge in [0.1, 0.15) is 0 Å². The number of hydrogen-bond acceptors (Lipinski definition) is 3. The smallest absolute Gasteiger partial charge is 0.354 e. The molecule has 8 heteroatoms. The zero-order valence-corrected chi connectivity index (χ0v) is 10.6. The van der Waals surface area contributed by atoms with Gasteiger partial charge in [-0.05, 0) is 0 Å². The molecule has 0 rings (SSSR count). The van der Waals surface area contributed by atoms with Gasteiger partial charge in [-0.15, -0.1) is 0 Å². The molecule has 0 aromatic rings. The summed E-state index contributed by atoms with van der Waals surface area (Å²) < 4.78 is -0.495. The van der Waals surface area contributed by atoms with Crippen molar-refractivity contribution >= 4 is 69.9 Å². The Balaban J connectivity index is 4.61. The molecule has 0 amide bonds. The molecular formula is C6H5Cl5O3. The van der Waals surface area contributed by atoms with Gasteiger partial charge in [0.25, 0.3) is 4.33 Å². The molecule has 0 unspecified atom stereocenters. The monoisotopic (exact) mass is 300 g/mol. The molecule has 0 saturated carbocycles. The minimum atomic E-state index is -2.41. The lowest BCUT2D eigenvalue weighted by Crippen LogP contribution is -2.41. The second kappa shape index (κ2) is 5.08. The largest absolute Gasteiger partial charge is 0.391 e. The van der Waals surface area contributed by atoms with Crippen LogP contribution in [0.5, 0.6) is 0 Å². The zero-order valence-electron chi connectivity index (χ0n) is 6.82.